The van der Waals surface area contributed by atoms with Gasteiger partial charge in [0.15, 0.2) is 17.0 Å². The normalized spacial score (nSPS) is 17.2. The van der Waals surface area contributed by atoms with Crippen molar-refractivity contribution in [3.8, 4) is 0 Å². The second-order valence-corrected chi connectivity index (χ2v) is 7.30. The first kappa shape index (κ1) is 17.7. The van der Waals surface area contributed by atoms with Crippen molar-refractivity contribution in [2.45, 2.75) is 45.3 Å². The Morgan fingerprint density at radius 3 is 2.78 bits per heavy atom. The second-order valence-electron chi connectivity index (χ2n) is 7.30. The molecule has 1 atom stereocenters. The van der Waals surface area contributed by atoms with Crippen LogP contribution in [0.15, 0.2) is 36.7 Å². The van der Waals surface area contributed by atoms with E-state index in [9.17, 15) is 5.11 Å². The van der Waals surface area contributed by atoms with Crippen LogP contribution in [-0.2, 0) is 6.54 Å². The number of aliphatic hydroxyl groups excluding tert-OH is 1. The Kier molecular flexibility index (Phi) is 4.94. The number of hydrogen-bond acceptors (Lipinski definition) is 6. The van der Waals surface area contributed by atoms with E-state index < -0.39 is 0 Å². The highest BCUT2D eigenvalue weighted by Crippen LogP contribution is 2.28. The van der Waals surface area contributed by atoms with Crippen LogP contribution in [0.3, 0.4) is 0 Å². The topological polar surface area (TPSA) is 79.1 Å². The lowest BCUT2D eigenvalue weighted by molar-refractivity contribution is 0.265. The van der Waals surface area contributed by atoms with Gasteiger partial charge >= 0.3 is 0 Å². The van der Waals surface area contributed by atoms with E-state index in [1.807, 2.05) is 24.5 Å². The van der Waals surface area contributed by atoms with E-state index in [1.165, 1.54) is 5.56 Å². The highest BCUT2D eigenvalue weighted by atomic mass is 16.3. The van der Waals surface area contributed by atoms with Gasteiger partial charge in [0.05, 0.1) is 19.0 Å². The van der Waals surface area contributed by atoms with Crippen molar-refractivity contribution in [1.82, 2.24) is 19.5 Å². The van der Waals surface area contributed by atoms with Gasteiger partial charge in [-0.1, -0.05) is 30.3 Å². The van der Waals surface area contributed by atoms with Crippen molar-refractivity contribution in [2.24, 2.45) is 0 Å². The van der Waals surface area contributed by atoms with E-state index in [0.29, 0.717) is 12.5 Å². The van der Waals surface area contributed by atoms with Crippen LogP contribution in [0, 0.1) is 0 Å². The number of fused-ring (bicyclic) bond motifs is 1. The maximum absolute atomic E-state index is 9.70. The molecule has 2 aromatic heterocycles. The summed E-state index contributed by atoms with van der Waals surface area (Å²) in [5.41, 5.74) is 2.79. The molecule has 1 aliphatic rings. The Hall–Kier alpha value is -2.67. The molecular formula is C20H26N6O. The number of nitrogens with zero attached hydrogens (tertiary/aromatic N) is 5. The molecule has 7 nitrogen and oxygen atoms in total. The minimum absolute atomic E-state index is 0.0832. The van der Waals surface area contributed by atoms with Gasteiger partial charge < -0.3 is 19.9 Å². The third kappa shape index (κ3) is 3.47. The fraction of sp³-hybridized carbons (Fsp3) is 0.450. The summed E-state index contributed by atoms with van der Waals surface area (Å²) < 4.78 is 2.07. The van der Waals surface area contributed by atoms with Crippen LogP contribution in [0.1, 0.15) is 38.3 Å². The number of benzene rings is 1. The van der Waals surface area contributed by atoms with Gasteiger partial charge in [-0.05, 0) is 32.3 Å². The zero-order chi connectivity index (χ0) is 18.8. The minimum Gasteiger partial charge on any atom is -0.394 e. The van der Waals surface area contributed by atoms with Crippen molar-refractivity contribution in [3.63, 3.8) is 0 Å². The largest absolute Gasteiger partial charge is 0.394 e. The van der Waals surface area contributed by atoms with E-state index in [2.05, 4.69) is 45.7 Å². The second kappa shape index (κ2) is 7.52. The van der Waals surface area contributed by atoms with Gasteiger partial charge in [-0.2, -0.15) is 9.97 Å². The predicted octanol–water partition coefficient (Wildman–Crippen LogP) is 2.98. The molecule has 3 aromatic rings. The SMILES string of the molecule is CC(C)n1cnc2c(NCc3ccccc3)nc(N3CCC[C@@H]3CO)nc21. The molecule has 2 N–H and O–H groups in total. The number of rotatable bonds is 6. The Balaban J connectivity index is 1.74. The molecule has 1 aliphatic heterocycles. The van der Waals surface area contributed by atoms with Crippen molar-refractivity contribution >= 4 is 22.9 Å². The molecule has 0 unspecified atom stereocenters. The Morgan fingerprint density at radius 1 is 1.22 bits per heavy atom. The molecule has 3 heterocycles. The van der Waals surface area contributed by atoms with Gasteiger partial charge in [-0.3, -0.25) is 0 Å². The smallest absolute Gasteiger partial charge is 0.229 e. The number of hydrogen-bond donors (Lipinski definition) is 2. The fourth-order valence-corrected chi connectivity index (χ4v) is 3.61. The maximum Gasteiger partial charge on any atom is 0.229 e. The van der Waals surface area contributed by atoms with Crippen molar-refractivity contribution < 1.29 is 5.11 Å². The number of aromatic nitrogens is 4. The highest BCUT2D eigenvalue weighted by molar-refractivity contribution is 5.84. The van der Waals surface area contributed by atoms with Crippen LogP contribution < -0.4 is 10.2 Å². The fourth-order valence-electron chi connectivity index (χ4n) is 3.61. The summed E-state index contributed by atoms with van der Waals surface area (Å²) in [5, 5.41) is 13.1. The molecule has 1 fully saturated rings. The first-order chi connectivity index (χ1) is 13.2. The van der Waals surface area contributed by atoms with Gasteiger partial charge in [0.25, 0.3) is 0 Å². The molecule has 0 radical (unpaired) electrons. The standard InChI is InChI=1S/C20H26N6O/c1-14(2)26-13-22-17-18(21-11-15-7-4-3-5-8-15)23-20(24-19(17)26)25-10-6-9-16(25)12-27/h3-5,7-8,13-14,16,27H,6,9-12H2,1-2H3,(H,21,23,24)/t16-/m1/s1. The lowest BCUT2D eigenvalue weighted by atomic mass is 10.2. The molecule has 0 bridgehead atoms. The Morgan fingerprint density at radius 2 is 2.04 bits per heavy atom. The third-order valence-corrected chi connectivity index (χ3v) is 5.11. The number of anilines is 2. The summed E-state index contributed by atoms with van der Waals surface area (Å²) in [7, 11) is 0. The van der Waals surface area contributed by atoms with E-state index in [1.54, 1.807) is 0 Å². The summed E-state index contributed by atoms with van der Waals surface area (Å²) in [6.07, 6.45) is 3.84. The number of imidazole rings is 1. The van der Waals surface area contributed by atoms with Gasteiger partial charge in [-0.15, -0.1) is 0 Å². The summed E-state index contributed by atoms with van der Waals surface area (Å²) in [6, 6.07) is 10.6. The van der Waals surface area contributed by atoms with Crippen LogP contribution in [-0.4, -0.2) is 43.8 Å². The lowest BCUT2D eigenvalue weighted by Gasteiger charge is -2.23. The first-order valence-corrected chi connectivity index (χ1v) is 9.57. The zero-order valence-corrected chi connectivity index (χ0v) is 15.8. The van der Waals surface area contributed by atoms with Gasteiger partial charge in [-0.25, -0.2) is 4.98 Å². The summed E-state index contributed by atoms with van der Waals surface area (Å²) in [6.45, 7) is 5.89. The third-order valence-electron chi connectivity index (χ3n) is 5.11. The predicted molar refractivity (Wildman–Crippen MR) is 107 cm³/mol. The molecule has 1 aromatic carbocycles. The minimum atomic E-state index is 0.0832. The molecule has 4 rings (SSSR count). The zero-order valence-electron chi connectivity index (χ0n) is 15.8. The Bertz CT molecular complexity index is 907. The quantitative estimate of drug-likeness (QED) is 0.698. The lowest BCUT2D eigenvalue weighted by Crippen LogP contribution is -2.33. The molecule has 27 heavy (non-hydrogen) atoms. The molecule has 0 amide bonds. The molecular weight excluding hydrogens is 340 g/mol. The molecule has 142 valence electrons. The van der Waals surface area contributed by atoms with Gasteiger partial charge in [0.1, 0.15) is 0 Å². The van der Waals surface area contributed by atoms with Crippen LogP contribution in [0.2, 0.25) is 0 Å². The molecule has 0 saturated carbocycles. The van der Waals surface area contributed by atoms with E-state index in [-0.39, 0.29) is 18.7 Å². The summed E-state index contributed by atoms with van der Waals surface area (Å²) in [5.74, 6) is 1.40. The maximum atomic E-state index is 9.70. The van der Waals surface area contributed by atoms with Crippen LogP contribution in [0.25, 0.3) is 11.2 Å². The van der Waals surface area contributed by atoms with Crippen LogP contribution in [0.4, 0.5) is 11.8 Å². The molecule has 1 saturated heterocycles. The monoisotopic (exact) mass is 366 g/mol. The van der Waals surface area contributed by atoms with Crippen molar-refractivity contribution in [3.05, 3.63) is 42.2 Å². The van der Waals surface area contributed by atoms with Crippen LogP contribution in [0.5, 0.6) is 0 Å². The first-order valence-electron chi connectivity index (χ1n) is 9.57. The molecule has 0 spiro atoms. The summed E-state index contributed by atoms with van der Waals surface area (Å²) >= 11 is 0. The van der Waals surface area contributed by atoms with Crippen molar-refractivity contribution in [2.75, 3.05) is 23.4 Å². The van der Waals surface area contributed by atoms with Crippen molar-refractivity contribution in [1.29, 1.82) is 0 Å². The van der Waals surface area contributed by atoms with Gasteiger partial charge in [0.2, 0.25) is 5.95 Å². The average Bonchev–Trinajstić information content (AvgIpc) is 3.33. The van der Waals surface area contributed by atoms with Gasteiger partial charge in [0, 0.05) is 19.1 Å². The molecule has 7 heteroatoms. The van der Waals surface area contributed by atoms with E-state index >= 15 is 0 Å². The van der Waals surface area contributed by atoms with E-state index in [0.717, 1.165) is 36.4 Å². The highest BCUT2D eigenvalue weighted by Gasteiger charge is 2.27. The van der Waals surface area contributed by atoms with E-state index in [4.69, 9.17) is 9.97 Å². The number of aliphatic hydroxyl groups is 1. The van der Waals surface area contributed by atoms with Crippen LogP contribution >= 0.6 is 0 Å². The average molecular weight is 366 g/mol. The molecule has 0 aliphatic carbocycles. The number of nitrogens with one attached hydrogen (secondary N) is 1. The Labute approximate surface area is 159 Å². The summed E-state index contributed by atoms with van der Waals surface area (Å²) in [4.78, 5) is 16.3.